The van der Waals surface area contributed by atoms with Crippen molar-refractivity contribution in [3.05, 3.63) is 45.9 Å². The van der Waals surface area contributed by atoms with E-state index in [-0.39, 0.29) is 0 Å². The summed E-state index contributed by atoms with van der Waals surface area (Å²) in [6, 6.07) is 7.04. The fourth-order valence-corrected chi connectivity index (χ4v) is 2.91. The van der Waals surface area contributed by atoms with Crippen LogP contribution < -0.4 is 5.32 Å². The number of hydrogen-bond donors (Lipinski definition) is 1. The zero-order valence-corrected chi connectivity index (χ0v) is 13.8. The van der Waals surface area contributed by atoms with Gasteiger partial charge in [-0.15, -0.1) is 11.3 Å². The lowest BCUT2D eigenvalue weighted by molar-refractivity contribution is 0.100. The minimum atomic E-state index is -2.44. The fraction of sp³-hybridized carbons (Fsp3) is 0.286. The van der Waals surface area contributed by atoms with Crippen LogP contribution in [-0.4, -0.2) is 27.6 Å². The number of nitrogens with zero attached hydrogens (tertiary/aromatic N) is 2. The third-order valence-electron chi connectivity index (χ3n) is 2.71. The van der Waals surface area contributed by atoms with Gasteiger partial charge in [0, 0.05) is 38.4 Å². The largest absolute Gasteiger partial charge is 0.380 e. The second-order valence-corrected chi connectivity index (χ2v) is 8.36. The molecule has 7 heteroatoms. The van der Waals surface area contributed by atoms with Gasteiger partial charge >= 0.3 is 0 Å². The molecule has 5 nitrogen and oxygen atoms in total. The van der Waals surface area contributed by atoms with Gasteiger partial charge in [0.2, 0.25) is 0 Å². The first kappa shape index (κ1) is 15.7. The fourth-order valence-electron chi connectivity index (χ4n) is 1.69. The van der Waals surface area contributed by atoms with Crippen molar-refractivity contribution in [2.45, 2.75) is 13.5 Å². The van der Waals surface area contributed by atoms with Crippen LogP contribution in [-0.2, 0) is 16.3 Å². The number of benzene rings is 1. The summed E-state index contributed by atoms with van der Waals surface area (Å²) in [5, 5.41) is 3.25. The Balaban J connectivity index is 2.13. The maximum atomic E-state index is 11.9. The van der Waals surface area contributed by atoms with Gasteiger partial charge in [-0.3, -0.25) is 4.79 Å². The van der Waals surface area contributed by atoms with Crippen LogP contribution in [0, 0.1) is 6.92 Å². The molecule has 0 aliphatic carbocycles. The zero-order chi connectivity index (χ0) is 15.5. The normalized spacial score (nSPS) is 11.2. The lowest BCUT2D eigenvalue weighted by atomic mass is 10.2. The maximum absolute atomic E-state index is 11.9. The molecular formula is C14H17N3O2S2. The first-order valence-corrected chi connectivity index (χ1v) is 9.50. The SMILES string of the molecule is Cc1ncsc1CNc1cccc(C(=O)N=S(C)(C)=O)c1. The Morgan fingerprint density at radius 2 is 2.19 bits per heavy atom. The zero-order valence-electron chi connectivity index (χ0n) is 12.1. The van der Waals surface area contributed by atoms with Crippen molar-refractivity contribution >= 4 is 32.7 Å². The number of anilines is 1. The van der Waals surface area contributed by atoms with Crippen LogP contribution >= 0.6 is 11.3 Å². The third-order valence-corrected chi connectivity index (χ3v) is 4.25. The van der Waals surface area contributed by atoms with Crippen molar-refractivity contribution in [1.29, 1.82) is 0 Å². The molecule has 0 aliphatic heterocycles. The van der Waals surface area contributed by atoms with Gasteiger partial charge in [0.1, 0.15) is 0 Å². The van der Waals surface area contributed by atoms with Crippen molar-refractivity contribution in [3.8, 4) is 0 Å². The van der Waals surface area contributed by atoms with Gasteiger partial charge < -0.3 is 5.32 Å². The molecule has 0 fully saturated rings. The summed E-state index contributed by atoms with van der Waals surface area (Å²) >= 11 is 1.59. The number of nitrogens with one attached hydrogen (secondary N) is 1. The molecule has 21 heavy (non-hydrogen) atoms. The molecule has 0 aliphatic rings. The number of aryl methyl sites for hydroxylation is 1. The van der Waals surface area contributed by atoms with E-state index in [1.165, 1.54) is 12.5 Å². The van der Waals surface area contributed by atoms with Crippen molar-refractivity contribution in [2.75, 3.05) is 17.8 Å². The number of amides is 1. The summed E-state index contributed by atoms with van der Waals surface area (Å²) in [7, 11) is -2.44. The van der Waals surface area contributed by atoms with E-state index in [2.05, 4.69) is 14.7 Å². The molecule has 2 aromatic rings. The van der Waals surface area contributed by atoms with Crippen LogP contribution in [0.1, 0.15) is 20.9 Å². The Bertz CT molecular complexity index is 766. The van der Waals surface area contributed by atoms with Crippen molar-refractivity contribution < 1.29 is 9.00 Å². The number of carbonyl (C=O) groups is 1. The predicted molar refractivity (Wildman–Crippen MR) is 87.4 cm³/mol. The molecule has 1 aromatic heterocycles. The van der Waals surface area contributed by atoms with Crippen molar-refractivity contribution in [1.82, 2.24) is 4.98 Å². The third kappa shape index (κ3) is 4.64. The van der Waals surface area contributed by atoms with Crippen molar-refractivity contribution in [2.24, 2.45) is 4.36 Å². The van der Waals surface area contributed by atoms with E-state index < -0.39 is 15.6 Å². The molecule has 0 bridgehead atoms. The van der Waals surface area contributed by atoms with E-state index in [1.54, 1.807) is 29.5 Å². The summed E-state index contributed by atoms with van der Waals surface area (Å²) < 4.78 is 15.3. The number of aromatic nitrogens is 1. The molecule has 0 saturated heterocycles. The highest BCUT2D eigenvalue weighted by Crippen LogP contribution is 2.17. The molecule has 0 spiro atoms. The number of thiazole rings is 1. The van der Waals surface area contributed by atoms with Gasteiger partial charge in [-0.1, -0.05) is 6.07 Å². The van der Waals surface area contributed by atoms with Gasteiger partial charge in [0.15, 0.2) is 0 Å². The lowest BCUT2D eigenvalue weighted by Gasteiger charge is -2.06. The Morgan fingerprint density at radius 3 is 2.81 bits per heavy atom. The lowest BCUT2D eigenvalue weighted by Crippen LogP contribution is -2.03. The minimum Gasteiger partial charge on any atom is -0.380 e. The van der Waals surface area contributed by atoms with E-state index in [0.29, 0.717) is 12.1 Å². The van der Waals surface area contributed by atoms with Crippen molar-refractivity contribution in [3.63, 3.8) is 0 Å². The van der Waals surface area contributed by atoms with E-state index in [1.807, 2.05) is 18.5 Å². The Hall–Kier alpha value is -1.73. The molecule has 1 heterocycles. The van der Waals surface area contributed by atoms with Gasteiger partial charge in [0.25, 0.3) is 5.91 Å². The van der Waals surface area contributed by atoms with E-state index in [9.17, 15) is 9.00 Å². The number of carbonyl (C=O) groups excluding carboxylic acids is 1. The first-order valence-electron chi connectivity index (χ1n) is 6.29. The molecule has 0 radical (unpaired) electrons. The summed E-state index contributed by atoms with van der Waals surface area (Å²) in [5.41, 5.74) is 4.07. The molecule has 1 amide bonds. The highest BCUT2D eigenvalue weighted by Gasteiger charge is 2.07. The van der Waals surface area contributed by atoms with E-state index in [0.717, 1.165) is 16.3 Å². The molecular weight excluding hydrogens is 306 g/mol. The molecule has 0 unspecified atom stereocenters. The van der Waals surface area contributed by atoms with E-state index in [4.69, 9.17) is 0 Å². The maximum Gasteiger partial charge on any atom is 0.285 e. The van der Waals surface area contributed by atoms with Gasteiger partial charge in [-0.05, 0) is 25.1 Å². The average Bonchev–Trinajstić information content (AvgIpc) is 2.80. The standard InChI is InChI=1S/C14H17N3O2S2/c1-10-13(20-9-16-10)8-15-12-6-4-5-11(7-12)14(18)17-21(2,3)19/h4-7,9,15H,8H2,1-3H3. The van der Waals surface area contributed by atoms with E-state index >= 15 is 0 Å². The summed E-state index contributed by atoms with van der Waals surface area (Å²) in [4.78, 5) is 17.3. The van der Waals surface area contributed by atoms with Crippen LogP contribution in [0.25, 0.3) is 0 Å². The van der Waals surface area contributed by atoms with Gasteiger partial charge in [-0.2, -0.15) is 4.36 Å². The first-order chi connectivity index (χ1) is 9.85. The molecule has 112 valence electrons. The number of hydrogen-bond acceptors (Lipinski definition) is 5. The molecule has 1 N–H and O–H groups in total. The topological polar surface area (TPSA) is 71.4 Å². The second-order valence-electron chi connectivity index (χ2n) is 4.87. The molecule has 2 rings (SSSR count). The average molecular weight is 323 g/mol. The second kappa shape index (κ2) is 6.36. The summed E-state index contributed by atoms with van der Waals surface area (Å²) in [5.74, 6) is -0.456. The van der Waals surface area contributed by atoms with Crippen LogP contribution in [0.4, 0.5) is 5.69 Å². The Labute approximate surface area is 128 Å². The van der Waals surface area contributed by atoms with Gasteiger partial charge in [0.05, 0.1) is 17.7 Å². The highest BCUT2D eigenvalue weighted by atomic mass is 32.2. The Morgan fingerprint density at radius 1 is 1.43 bits per heavy atom. The van der Waals surface area contributed by atoms with Crippen LogP contribution in [0.5, 0.6) is 0 Å². The van der Waals surface area contributed by atoms with Crippen LogP contribution in [0.15, 0.2) is 34.1 Å². The van der Waals surface area contributed by atoms with Crippen LogP contribution in [0.2, 0.25) is 0 Å². The van der Waals surface area contributed by atoms with Crippen LogP contribution in [0.3, 0.4) is 0 Å². The van der Waals surface area contributed by atoms with Gasteiger partial charge in [-0.25, -0.2) is 9.19 Å². The minimum absolute atomic E-state index is 0.428. The molecule has 0 atom stereocenters. The highest BCUT2D eigenvalue weighted by molar-refractivity contribution is 7.92. The Kier molecular flexibility index (Phi) is 4.74. The monoisotopic (exact) mass is 323 g/mol. The predicted octanol–water partition coefficient (Wildman–Crippen LogP) is 2.93. The smallest absolute Gasteiger partial charge is 0.285 e. The molecule has 1 aromatic carbocycles. The number of rotatable bonds is 4. The quantitative estimate of drug-likeness (QED) is 0.939. The summed E-state index contributed by atoms with van der Waals surface area (Å²) in [6.45, 7) is 2.62. The molecule has 0 saturated carbocycles. The summed E-state index contributed by atoms with van der Waals surface area (Å²) in [6.07, 6.45) is 2.89.